The van der Waals surface area contributed by atoms with E-state index in [0.717, 1.165) is 31.2 Å². The van der Waals surface area contributed by atoms with Crippen LogP contribution in [0.5, 0.6) is 0 Å². The Labute approximate surface area is 300 Å². The third-order valence-corrected chi connectivity index (χ3v) is 11.5. The lowest BCUT2D eigenvalue weighted by Gasteiger charge is -2.48. The van der Waals surface area contributed by atoms with Gasteiger partial charge in [-0.05, 0) is 42.9 Å². The molecule has 4 aliphatic heterocycles. The number of amides is 2. The second-order valence-electron chi connectivity index (χ2n) is 15.7. The maximum atomic E-state index is 14.3. The van der Waals surface area contributed by atoms with Gasteiger partial charge in [-0.15, -0.1) is 0 Å². The van der Waals surface area contributed by atoms with Gasteiger partial charge in [0.05, 0.1) is 13.2 Å². The van der Waals surface area contributed by atoms with Crippen LogP contribution in [0.4, 0.5) is 0 Å². The van der Waals surface area contributed by atoms with Gasteiger partial charge < -0.3 is 39.4 Å². The van der Waals surface area contributed by atoms with Crippen molar-refractivity contribution in [3.63, 3.8) is 0 Å². The first-order chi connectivity index (χ1) is 24.9. The van der Waals surface area contributed by atoms with E-state index in [9.17, 15) is 24.0 Å². The van der Waals surface area contributed by atoms with Crippen molar-refractivity contribution in [2.45, 2.75) is 101 Å². The molecule has 52 heavy (non-hydrogen) atoms. The van der Waals surface area contributed by atoms with Crippen LogP contribution in [-0.2, 0) is 59.0 Å². The van der Waals surface area contributed by atoms with Gasteiger partial charge in [-0.3, -0.25) is 19.2 Å². The maximum absolute atomic E-state index is 14.3. The number of hydrogen-bond donors (Lipinski definition) is 3. The molecule has 8 rings (SSSR count). The summed E-state index contributed by atoms with van der Waals surface area (Å²) < 4.78 is 30.1. The highest BCUT2D eigenvalue weighted by Crippen LogP contribution is 2.63. The van der Waals surface area contributed by atoms with Gasteiger partial charge in [0.2, 0.25) is 17.9 Å². The Bertz CT molecular complexity index is 1640. The van der Waals surface area contributed by atoms with E-state index in [2.05, 4.69) is 10.6 Å². The number of fused-ring (bicyclic) bond motifs is 4. The number of aliphatic hydroxyl groups is 1. The number of nitrogens with one attached hydrogen (secondary N) is 2. The fourth-order valence-electron chi connectivity index (χ4n) is 8.57. The molecular formula is C37H45N3O12. The average Bonchev–Trinajstić information content (AvgIpc) is 4.06. The average molecular weight is 724 g/mol. The van der Waals surface area contributed by atoms with Crippen LogP contribution in [0.25, 0.3) is 6.08 Å². The first-order valence-corrected chi connectivity index (χ1v) is 18.2. The lowest BCUT2D eigenvalue weighted by Crippen LogP contribution is -2.69. The van der Waals surface area contributed by atoms with Gasteiger partial charge in [0.15, 0.2) is 11.8 Å². The SMILES string of the molecule is CC1(C)COC(=O)[C@@H]1OC(=O)C=Cc1ccc(CN2O[C@@H]3[C@H]4OC(C5CC5)(C5CC5)O[C@H]4[C@H]4C[C@]3(C(=O)NCCC(=O)NCCO)[C@@H]2C(=O)O4)cc1. The molecule has 0 unspecified atom stereocenters. The summed E-state index contributed by atoms with van der Waals surface area (Å²) in [6.07, 6.45) is 3.22. The molecule has 7 atom stereocenters. The smallest absolute Gasteiger partial charge is 0.348 e. The fraction of sp³-hybridized carbons (Fsp3) is 0.649. The predicted molar refractivity (Wildman–Crippen MR) is 177 cm³/mol. The summed E-state index contributed by atoms with van der Waals surface area (Å²) in [7, 11) is 0. The molecule has 2 bridgehead atoms. The quantitative estimate of drug-likeness (QED) is 0.148. The Morgan fingerprint density at radius 3 is 2.35 bits per heavy atom. The lowest BCUT2D eigenvalue weighted by atomic mass is 9.62. The zero-order chi connectivity index (χ0) is 36.4. The van der Waals surface area contributed by atoms with Crippen molar-refractivity contribution in [1.29, 1.82) is 0 Å². The highest BCUT2D eigenvalue weighted by atomic mass is 16.8. The zero-order valence-electron chi connectivity index (χ0n) is 29.2. The molecule has 0 aromatic heterocycles. The fourth-order valence-corrected chi connectivity index (χ4v) is 8.57. The van der Waals surface area contributed by atoms with Gasteiger partial charge in [0.25, 0.3) is 0 Å². The van der Waals surface area contributed by atoms with E-state index in [-0.39, 0.29) is 63.4 Å². The zero-order valence-corrected chi connectivity index (χ0v) is 29.2. The monoisotopic (exact) mass is 723 g/mol. The van der Waals surface area contributed by atoms with E-state index in [4.69, 9.17) is 33.6 Å². The first-order valence-electron chi connectivity index (χ1n) is 18.2. The van der Waals surface area contributed by atoms with E-state index < -0.39 is 77.0 Å². The number of cyclic esters (lactones) is 1. The van der Waals surface area contributed by atoms with Gasteiger partial charge >= 0.3 is 17.9 Å². The minimum Gasteiger partial charge on any atom is -0.462 e. The van der Waals surface area contributed by atoms with Gasteiger partial charge in [-0.25, -0.2) is 9.59 Å². The first kappa shape index (κ1) is 35.2. The van der Waals surface area contributed by atoms with E-state index in [1.54, 1.807) is 32.1 Å². The van der Waals surface area contributed by atoms with Crippen molar-refractivity contribution in [3.05, 3.63) is 41.5 Å². The summed E-state index contributed by atoms with van der Waals surface area (Å²) >= 11 is 0. The maximum Gasteiger partial charge on any atom is 0.348 e. The molecule has 15 heteroatoms. The van der Waals surface area contributed by atoms with Gasteiger partial charge in [-0.2, -0.15) is 5.06 Å². The number of rotatable bonds is 13. The number of carbonyl (C=O) groups excluding carboxylic acids is 5. The summed E-state index contributed by atoms with van der Waals surface area (Å²) in [5, 5.41) is 16.0. The lowest BCUT2D eigenvalue weighted by molar-refractivity contribution is -0.235. The van der Waals surface area contributed by atoms with Crippen molar-refractivity contribution < 1.29 is 57.6 Å². The highest BCUT2D eigenvalue weighted by Gasteiger charge is 2.78. The van der Waals surface area contributed by atoms with Crippen LogP contribution in [-0.4, -0.2) is 109 Å². The summed E-state index contributed by atoms with van der Waals surface area (Å²) in [6, 6.07) is 6.15. The van der Waals surface area contributed by atoms with E-state index >= 15 is 0 Å². The Morgan fingerprint density at radius 2 is 1.69 bits per heavy atom. The van der Waals surface area contributed by atoms with Crippen molar-refractivity contribution in [2.75, 3.05) is 26.3 Å². The summed E-state index contributed by atoms with van der Waals surface area (Å²) in [6.45, 7) is 3.85. The largest absolute Gasteiger partial charge is 0.462 e. The summed E-state index contributed by atoms with van der Waals surface area (Å²) in [4.78, 5) is 71.6. The molecule has 1 aromatic carbocycles. The number of hydroxylamine groups is 2. The van der Waals surface area contributed by atoms with Crippen LogP contribution < -0.4 is 10.6 Å². The van der Waals surface area contributed by atoms with E-state index in [0.29, 0.717) is 5.56 Å². The molecule has 7 aliphatic rings. The number of hydrogen-bond acceptors (Lipinski definition) is 13. The number of esters is 3. The Kier molecular flexibility index (Phi) is 8.92. The number of aliphatic hydroxyl groups excluding tert-OH is 1. The molecule has 4 heterocycles. The molecule has 3 saturated carbocycles. The van der Waals surface area contributed by atoms with Crippen LogP contribution in [0, 0.1) is 22.7 Å². The topological polar surface area (TPSA) is 188 Å². The molecule has 7 fully saturated rings. The van der Waals surface area contributed by atoms with Gasteiger partial charge in [-0.1, -0.05) is 38.1 Å². The van der Waals surface area contributed by atoms with Gasteiger partial charge in [0.1, 0.15) is 36.4 Å². The summed E-state index contributed by atoms with van der Waals surface area (Å²) in [5.41, 5.74) is -0.516. The third-order valence-electron chi connectivity index (χ3n) is 11.5. The van der Waals surface area contributed by atoms with Crippen LogP contribution in [0.15, 0.2) is 30.3 Å². The standard InChI is InChI=1S/C37H45N3O12/c1-35(2)19-47-33(45)31(35)49-26(43)12-7-20-3-5-21(6-4-20)18-40-29-32(44)48-24-17-36(29,34(46)39-14-13-25(42)38-15-16-41)30(52-40)28-27(24)50-37(51-28,22-8-9-22)23-10-11-23/h3-7,12,22-24,27-31,41H,8-11,13-19H2,1-2H3,(H,38,42)(H,39,46)/t24-,27+,28+,29+,30-,31+,36+/m1/s1. The van der Waals surface area contributed by atoms with E-state index in [1.165, 1.54) is 11.1 Å². The van der Waals surface area contributed by atoms with Crippen LogP contribution in [0.3, 0.4) is 0 Å². The van der Waals surface area contributed by atoms with Crippen molar-refractivity contribution >= 4 is 35.8 Å². The van der Waals surface area contributed by atoms with Crippen LogP contribution >= 0.6 is 0 Å². The Hall–Kier alpha value is -3.89. The molecule has 0 radical (unpaired) electrons. The minimum atomic E-state index is -1.36. The molecule has 0 spiro atoms. The van der Waals surface area contributed by atoms with Crippen molar-refractivity contribution in [3.8, 4) is 0 Å². The van der Waals surface area contributed by atoms with Crippen LogP contribution in [0.1, 0.15) is 63.5 Å². The molecule has 3 aliphatic carbocycles. The normalized spacial score (nSPS) is 34.1. The minimum absolute atomic E-state index is 0.00262. The molecule has 280 valence electrons. The number of benzene rings is 1. The second-order valence-corrected chi connectivity index (χ2v) is 15.7. The number of carbonyl (C=O) groups is 5. The highest BCUT2D eigenvalue weighted by molar-refractivity contribution is 5.94. The Balaban J connectivity index is 1.01. The molecule has 3 N–H and O–H groups in total. The van der Waals surface area contributed by atoms with E-state index in [1.807, 2.05) is 12.1 Å². The third kappa shape index (κ3) is 6.09. The van der Waals surface area contributed by atoms with Crippen molar-refractivity contribution in [2.24, 2.45) is 22.7 Å². The number of nitrogens with zero attached hydrogens (tertiary/aromatic N) is 1. The Morgan fingerprint density at radius 1 is 0.981 bits per heavy atom. The summed E-state index contributed by atoms with van der Waals surface area (Å²) in [5.74, 6) is -2.83. The predicted octanol–water partition coefficient (Wildman–Crippen LogP) is 0.910. The number of ether oxygens (including phenoxy) is 5. The van der Waals surface area contributed by atoms with Gasteiger partial charge in [0, 0.05) is 49.3 Å². The van der Waals surface area contributed by atoms with Crippen LogP contribution in [0.2, 0.25) is 0 Å². The van der Waals surface area contributed by atoms with Crippen molar-refractivity contribution in [1.82, 2.24) is 15.7 Å². The molecule has 1 aromatic rings. The molecule has 4 saturated heterocycles. The molecular weight excluding hydrogens is 678 g/mol. The molecule has 15 nitrogen and oxygen atoms in total. The second kappa shape index (κ2) is 13.2. The molecule has 2 amide bonds.